The van der Waals surface area contributed by atoms with E-state index < -0.39 is 5.54 Å². The Morgan fingerprint density at radius 1 is 1.15 bits per heavy atom. The summed E-state index contributed by atoms with van der Waals surface area (Å²) in [6.07, 6.45) is 0.837. The van der Waals surface area contributed by atoms with Gasteiger partial charge in [-0.1, -0.05) is 41.9 Å². The molecule has 0 aliphatic carbocycles. The lowest BCUT2D eigenvalue weighted by Crippen LogP contribution is -2.67. The maximum atomic E-state index is 13.9. The molecule has 2 aliphatic rings. The fourth-order valence-electron chi connectivity index (χ4n) is 5.43. The Balaban J connectivity index is 1.58. The molecule has 1 N–H and O–H groups in total. The van der Waals surface area contributed by atoms with E-state index in [4.69, 9.17) is 16.3 Å². The van der Waals surface area contributed by atoms with Gasteiger partial charge in [-0.2, -0.15) is 0 Å². The van der Waals surface area contributed by atoms with Gasteiger partial charge >= 0.3 is 0 Å². The number of fused-ring (bicyclic) bond motifs is 5. The summed E-state index contributed by atoms with van der Waals surface area (Å²) in [4.78, 5) is 34.4. The van der Waals surface area contributed by atoms with E-state index in [9.17, 15) is 9.59 Å². The number of piperazine rings is 1. The van der Waals surface area contributed by atoms with Gasteiger partial charge in [-0.3, -0.25) is 9.59 Å². The molecule has 5 rings (SSSR count). The fourth-order valence-corrected chi connectivity index (χ4v) is 5.55. The number of aromatic amines is 1. The number of aromatic nitrogens is 1. The molecule has 0 spiro atoms. The third-order valence-electron chi connectivity index (χ3n) is 7.11. The Bertz CT molecular complexity index is 1240. The van der Waals surface area contributed by atoms with Crippen LogP contribution in [0, 0.1) is 0 Å². The van der Waals surface area contributed by atoms with Crippen LogP contribution < -0.4 is 0 Å². The van der Waals surface area contributed by atoms with Crippen LogP contribution in [0.5, 0.6) is 0 Å². The lowest BCUT2D eigenvalue weighted by atomic mass is 9.76. The molecule has 1 fully saturated rings. The number of nitrogens with zero attached hydrogens (tertiary/aromatic N) is 2. The van der Waals surface area contributed by atoms with Crippen LogP contribution in [0.2, 0.25) is 5.02 Å². The number of para-hydroxylation sites is 1. The summed E-state index contributed by atoms with van der Waals surface area (Å²) in [6.45, 7) is 7.47. The number of benzene rings is 2. The molecule has 2 amide bonds. The monoisotopic (exact) mass is 479 g/mol. The highest BCUT2D eigenvalue weighted by Gasteiger charge is 2.56. The van der Waals surface area contributed by atoms with E-state index in [1.165, 1.54) is 0 Å². The summed E-state index contributed by atoms with van der Waals surface area (Å²) in [5.74, 6) is -0.131. The van der Waals surface area contributed by atoms with Crippen molar-refractivity contribution >= 4 is 34.3 Å². The Labute approximate surface area is 204 Å². The smallest absolute Gasteiger partial charge is 0.254 e. The van der Waals surface area contributed by atoms with Crippen LogP contribution in [0.1, 0.15) is 49.9 Å². The molecular weight excluding hydrogens is 450 g/mol. The number of rotatable bonds is 6. The zero-order chi connectivity index (χ0) is 24.0. The molecule has 1 aromatic heterocycles. The number of H-pyrrole nitrogens is 1. The highest BCUT2D eigenvalue weighted by molar-refractivity contribution is 6.30. The number of hydrogen-bond donors (Lipinski definition) is 1. The van der Waals surface area contributed by atoms with Crippen molar-refractivity contribution < 1.29 is 14.3 Å². The van der Waals surface area contributed by atoms with Gasteiger partial charge in [0.05, 0.1) is 18.3 Å². The van der Waals surface area contributed by atoms with Gasteiger partial charge in [0.2, 0.25) is 5.91 Å². The van der Waals surface area contributed by atoms with E-state index in [1.807, 2.05) is 63.2 Å². The van der Waals surface area contributed by atoms with Gasteiger partial charge in [-0.05, 0) is 56.5 Å². The first-order valence-corrected chi connectivity index (χ1v) is 12.3. The van der Waals surface area contributed by atoms with E-state index in [-0.39, 0.29) is 30.4 Å². The lowest BCUT2D eigenvalue weighted by molar-refractivity contribution is -0.166. The minimum absolute atomic E-state index is 0.0323. The van der Waals surface area contributed by atoms with Crippen LogP contribution in [0.4, 0.5) is 0 Å². The molecule has 0 saturated carbocycles. The van der Waals surface area contributed by atoms with E-state index in [2.05, 4.69) is 11.1 Å². The maximum absolute atomic E-state index is 13.9. The largest absolute Gasteiger partial charge is 0.379 e. The molecule has 6 nitrogen and oxygen atoms in total. The second kappa shape index (κ2) is 8.75. The van der Waals surface area contributed by atoms with E-state index >= 15 is 0 Å². The normalized spacial score (nSPS) is 22.4. The van der Waals surface area contributed by atoms with Crippen molar-refractivity contribution in [2.24, 2.45) is 0 Å². The molecule has 0 unspecified atom stereocenters. The molecule has 0 bridgehead atoms. The quantitative estimate of drug-likeness (QED) is 0.522. The zero-order valence-electron chi connectivity index (χ0n) is 19.8. The van der Waals surface area contributed by atoms with Gasteiger partial charge in [0.25, 0.3) is 5.91 Å². The summed E-state index contributed by atoms with van der Waals surface area (Å²) in [5, 5.41) is 1.76. The number of amides is 2. The second-order valence-electron chi connectivity index (χ2n) is 9.64. The van der Waals surface area contributed by atoms with Crippen LogP contribution in [-0.2, 0) is 19.9 Å². The third kappa shape index (κ3) is 3.69. The average Bonchev–Trinajstić information content (AvgIpc) is 3.21. The van der Waals surface area contributed by atoms with Gasteiger partial charge in [-0.15, -0.1) is 0 Å². The number of nitrogens with one attached hydrogen (secondary N) is 1. The topological polar surface area (TPSA) is 65.6 Å². The number of carbonyl (C=O) groups is 2. The standard InChI is InChI=1S/C27H30ClN3O3/c1-17(2)34-14-6-13-30-16-23(32)31-15-21(18-9-11-19(28)12-10-18)24-20-7-4-5-8-22(20)29-25(24)27(31,3)26(30)33/h4-5,7-12,17,21,29H,6,13-16H2,1-3H3/t21-,27-/m0/s1. The summed E-state index contributed by atoms with van der Waals surface area (Å²) in [6, 6.07) is 15.9. The maximum Gasteiger partial charge on any atom is 0.254 e. The molecule has 7 heteroatoms. The van der Waals surface area contributed by atoms with Crippen molar-refractivity contribution in [1.29, 1.82) is 0 Å². The molecular formula is C27H30ClN3O3. The van der Waals surface area contributed by atoms with E-state index in [0.717, 1.165) is 27.7 Å². The number of ether oxygens (including phenoxy) is 1. The molecule has 2 aliphatic heterocycles. The summed E-state index contributed by atoms with van der Waals surface area (Å²) >= 11 is 6.16. The molecule has 2 aromatic carbocycles. The first-order chi connectivity index (χ1) is 16.3. The molecule has 3 aromatic rings. The third-order valence-corrected chi connectivity index (χ3v) is 7.37. The molecule has 178 valence electrons. The second-order valence-corrected chi connectivity index (χ2v) is 10.1. The number of carbonyl (C=O) groups excluding carboxylic acids is 2. The van der Waals surface area contributed by atoms with Gasteiger partial charge in [0.15, 0.2) is 5.54 Å². The zero-order valence-corrected chi connectivity index (χ0v) is 20.6. The fraction of sp³-hybridized carbons (Fsp3) is 0.407. The van der Waals surface area contributed by atoms with Crippen molar-refractivity contribution in [3.63, 3.8) is 0 Å². The first kappa shape index (κ1) is 22.9. The van der Waals surface area contributed by atoms with Crippen LogP contribution in [0.15, 0.2) is 48.5 Å². The van der Waals surface area contributed by atoms with E-state index in [0.29, 0.717) is 31.1 Å². The van der Waals surface area contributed by atoms with Crippen molar-refractivity contribution in [1.82, 2.24) is 14.8 Å². The van der Waals surface area contributed by atoms with Crippen molar-refractivity contribution in [2.75, 3.05) is 26.2 Å². The van der Waals surface area contributed by atoms with Gasteiger partial charge in [-0.25, -0.2) is 0 Å². The van der Waals surface area contributed by atoms with Gasteiger partial charge < -0.3 is 19.5 Å². The van der Waals surface area contributed by atoms with Crippen LogP contribution in [-0.4, -0.2) is 58.9 Å². The van der Waals surface area contributed by atoms with Gasteiger partial charge in [0.1, 0.15) is 0 Å². The van der Waals surface area contributed by atoms with Crippen LogP contribution >= 0.6 is 11.6 Å². The predicted octanol–water partition coefficient (Wildman–Crippen LogP) is 4.67. The Kier molecular flexibility index (Phi) is 5.90. The molecule has 3 heterocycles. The SMILES string of the molecule is CC(C)OCCCN1CC(=O)N2C[C@@H](c3ccc(Cl)cc3)c3c([nH]c4ccccc34)[C@@]2(C)C1=O. The average molecular weight is 480 g/mol. The number of hydrogen-bond acceptors (Lipinski definition) is 3. The predicted molar refractivity (Wildman–Crippen MR) is 133 cm³/mol. The Morgan fingerprint density at radius 3 is 2.62 bits per heavy atom. The van der Waals surface area contributed by atoms with Crippen LogP contribution in [0.25, 0.3) is 10.9 Å². The molecule has 1 saturated heterocycles. The van der Waals surface area contributed by atoms with Gasteiger partial charge in [0, 0.05) is 41.5 Å². The highest BCUT2D eigenvalue weighted by Crippen LogP contribution is 2.48. The Morgan fingerprint density at radius 2 is 1.88 bits per heavy atom. The summed E-state index contributed by atoms with van der Waals surface area (Å²) in [7, 11) is 0. The van der Waals surface area contributed by atoms with E-state index in [1.54, 1.807) is 9.80 Å². The molecule has 0 radical (unpaired) electrons. The summed E-state index contributed by atoms with van der Waals surface area (Å²) < 4.78 is 5.65. The Hall–Kier alpha value is -2.83. The molecule has 34 heavy (non-hydrogen) atoms. The lowest BCUT2D eigenvalue weighted by Gasteiger charge is -2.51. The minimum Gasteiger partial charge on any atom is -0.379 e. The number of halogens is 1. The summed E-state index contributed by atoms with van der Waals surface area (Å²) in [5.41, 5.74) is 2.86. The van der Waals surface area contributed by atoms with Crippen molar-refractivity contribution in [2.45, 2.75) is 44.8 Å². The van der Waals surface area contributed by atoms with Crippen LogP contribution in [0.3, 0.4) is 0 Å². The van der Waals surface area contributed by atoms with Crippen molar-refractivity contribution in [3.8, 4) is 0 Å². The molecule has 2 atom stereocenters. The first-order valence-electron chi connectivity index (χ1n) is 11.9. The minimum atomic E-state index is -1.08. The van der Waals surface area contributed by atoms with Crippen molar-refractivity contribution in [3.05, 3.63) is 70.4 Å². The highest BCUT2D eigenvalue weighted by atomic mass is 35.5.